The van der Waals surface area contributed by atoms with Gasteiger partial charge in [0, 0.05) is 30.1 Å². The largest absolute Gasteiger partial charge is 0.366 e. The first-order chi connectivity index (χ1) is 9.79. The zero-order chi connectivity index (χ0) is 13.9. The molecule has 5 nitrogen and oxygen atoms in total. The van der Waals surface area contributed by atoms with Crippen LogP contribution in [0.15, 0.2) is 30.7 Å². The van der Waals surface area contributed by atoms with Gasteiger partial charge in [-0.15, -0.1) is 0 Å². The summed E-state index contributed by atoms with van der Waals surface area (Å²) in [5.74, 6) is 0.905. The Balaban J connectivity index is 1.99. The molecule has 1 N–H and O–H groups in total. The third-order valence-electron chi connectivity index (χ3n) is 3.41. The molecule has 0 spiro atoms. The van der Waals surface area contributed by atoms with Gasteiger partial charge in [-0.2, -0.15) is 10.4 Å². The zero-order valence-electron chi connectivity index (χ0n) is 11.2. The van der Waals surface area contributed by atoms with E-state index in [0.29, 0.717) is 6.42 Å². The van der Waals surface area contributed by atoms with Crippen molar-refractivity contribution in [3.05, 3.63) is 36.3 Å². The van der Waals surface area contributed by atoms with Gasteiger partial charge in [-0.3, -0.25) is 4.68 Å². The Kier molecular flexibility index (Phi) is 3.21. The second kappa shape index (κ2) is 5.17. The molecule has 5 heteroatoms. The van der Waals surface area contributed by atoms with Crippen molar-refractivity contribution in [2.75, 3.05) is 11.9 Å². The topological polar surface area (TPSA) is 66.5 Å². The van der Waals surface area contributed by atoms with E-state index in [1.807, 2.05) is 30.1 Å². The number of rotatable bonds is 3. The van der Waals surface area contributed by atoms with Gasteiger partial charge < -0.3 is 5.32 Å². The monoisotopic (exact) mass is 265 g/mol. The van der Waals surface area contributed by atoms with Crippen molar-refractivity contribution in [3.63, 3.8) is 0 Å². The number of nitriles is 1. The maximum Gasteiger partial charge on any atom is 0.134 e. The van der Waals surface area contributed by atoms with Gasteiger partial charge in [0.1, 0.15) is 5.82 Å². The van der Waals surface area contributed by atoms with E-state index in [2.05, 4.69) is 33.6 Å². The first-order valence-corrected chi connectivity index (χ1v) is 6.60. The molecule has 0 bridgehead atoms. The summed E-state index contributed by atoms with van der Waals surface area (Å²) >= 11 is 0. The molecule has 0 saturated heterocycles. The molecule has 2 aromatic heterocycles. The Labute approximate surface area is 117 Å². The molecule has 0 saturated carbocycles. The van der Waals surface area contributed by atoms with Crippen LogP contribution in [-0.2, 0) is 0 Å². The predicted molar refractivity (Wildman–Crippen MR) is 77.9 cm³/mol. The van der Waals surface area contributed by atoms with Crippen molar-refractivity contribution in [2.45, 2.75) is 19.4 Å². The molecule has 0 fully saturated rings. The van der Waals surface area contributed by atoms with Gasteiger partial charge in [0.05, 0.1) is 24.7 Å². The summed E-state index contributed by atoms with van der Waals surface area (Å²) in [6.07, 6.45) is 10.2. The highest BCUT2D eigenvalue weighted by molar-refractivity contribution is 5.82. The molecule has 0 amide bonds. The molecule has 0 radical (unpaired) electrons. The van der Waals surface area contributed by atoms with Crippen LogP contribution in [0.4, 0.5) is 5.82 Å². The summed E-state index contributed by atoms with van der Waals surface area (Å²) in [4.78, 5) is 4.34. The second-order valence-corrected chi connectivity index (χ2v) is 4.82. The third kappa shape index (κ3) is 2.16. The van der Waals surface area contributed by atoms with Crippen LogP contribution in [0.2, 0.25) is 0 Å². The number of hydrogen-bond acceptors (Lipinski definition) is 4. The lowest BCUT2D eigenvalue weighted by molar-refractivity contribution is 0.500. The molecule has 2 aromatic rings. The Morgan fingerprint density at radius 1 is 1.55 bits per heavy atom. The highest BCUT2D eigenvalue weighted by atomic mass is 15.3. The van der Waals surface area contributed by atoms with Crippen LogP contribution in [-0.4, -0.2) is 21.3 Å². The van der Waals surface area contributed by atoms with E-state index in [9.17, 15) is 0 Å². The fourth-order valence-corrected chi connectivity index (χ4v) is 2.31. The van der Waals surface area contributed by atoms with Crippen molar-refractivity contribution in [2.24, 2.45) is 0 Å². The van der Waals surface area contributed by atoms with Gasteiger partial charge in [0.2, 0.25) is 0 Å². The van der Waals surface area contributed by atoms with Crippen LogP contribution in [0.1, 0.15) is 24.9 Å². The minimum absolute atomic E-state index is 0.0834. The summed E-state index contributed by atoms with van der Waals surface area (Å²) < 4.78 is 1.84. The van der Waals surface area contributed by atoms with E-state index in [0.717, 1.165) is 29.1 Å². The van der Waals surface area contributed by atoms with Crippen molar-refractivity contribution < 1.29 is 0 Å². The second-order valence-electron chi connectivity index (χ2n) is 4.82. The lowest BCUT2D eigenvalue weighted by Crippen LogP contribution is -2.07. The summed E-state index contributed by atoms with van der Waals surface area (Å²) in [6, 6.07) is 4.25. The smallest absolute Gasteiger partial charge is 0.134 e. The van der Waals surface area contributed by atoms with E-state index in [4.69, 9.17) is 5.26 Å². The van der Waals surface area contributed by atoms with E-state index >= 15 is 0 Å². The molecule has 1 aliphatic rings. The van der Waals surface area contributed by atoms with Gasteiger partial charge in [-0.1, -0.05) is 12.2 Å². The normalized spacial score (nSPS) is 14.2. The Hall–Kier alpha value is -2.61. The van der Waals surface area contributed by atoms with E-state index in [1.165, 1.54) is 0 Å². The molecule has 3 rings (SSSR count). The first kappa shape index (κ1) is 12.4. The average Bonchev–Trinajstić information content (AvgIpc) is 2.97. The number of hydrogen-bond donors (Lipinski definition) is 1. The van der Waals surface area contributed by atoms with Crippen LogP contribution in [0.5, 0.6) is 0 Å². The van der Waals surface area contributed by atoms with Crippen molar-refractivity contribution in [3.8, 4) is 17.2 Å². The summed E-state index contributed by atoms with van der Waals surface area (Å²) in [6.45, 7) is 2.80. The molecular formula is C15H15N5. The average molecular weight is 265 g/mol. The fraction of sp³-hybridized carbons (Fsp3) is 0.267. The minimum atomic E-state index is 0.0834. The summed E-state index contributed by atoms with van der Waals surface area (Å²) in [5, 5.41) is 16.4. The molecular weight excluding hydrogens is 250 g/mol. The minimum Gasteiger partial charge on any atom is -0.366 e. The first-order valence-electron chi connectivity index (χ1n) is 6.60. The number of nitrogens with one attached hydrogen (secondary N) is 1. The molecule has 100 valence electrons. The highest BCUT2D eigenvalue weighted by Gasteiger charge is 2.14. The lowest BCUT2D eigenvalue weighted by Gasteiger charge is -2.14. The molecule has 3 heterocycles. The maximum absolute atomic E-state index is 8.76. The molecule has 0 aromatic carbocycles. The van der Waals surface area contributed by atoms with Crippen molar-refractivity contribution in [1.82, 2.24) is 14.8 Å². The summed E-state index contributed by atoms with van der Waals surface area (Å²) in [5.41, 5.74) is 3.24. The van der Waals surface area contributed by atoms with Gasteiger partial charge in [0.15, 0.2) is 0 Å². The zero-order valence-corrected chi connectivity index (χ0v) is 11.2. The molecule has 20 heavy (non-hydrogen) atoms. The van der Waals surface area contributed by atoms with Crippen LogP contribution < -0.4 is 5.32 Å². The SMILES string of the molecule is CC(CC#N)n1cc(-c2ccnc3c2C=CCN3)cn1. The lowest BCUT2D eigenvalue weighted by atomic mass is 10.0. The van der Waals surface area contributed by atoms with E-state index in [-0.39, 0.29) is 6.04 Å². The Morgan fingerprint density at radius 2 is 2.45 bits per heavy atom. The maximum atomic E-state index is 8.76. The van der Waals surface area contributed by atoms with Gasteiger partial charge >= 0.3 is 0 Å². The number of aromatic nitrogens is 3. The van der Waals surface area contributed by atoms with E-state index < -0.39 is 0 Å². The predicted octanol–water partition coefficient (Wildman–Crippen LogP) is 2.86. The van der Waals surface area contributed by atoms with Gasteiger partial charge in [0.25, 0.3) is 0 Å². The fourth-order valence-electron chi connectivity index (χ4n) is 2.31. The molecule has 0 aliphatic carbocycles. The van der Waals surface area contributed by atoms with Crippen LogP contribution in [0.25, 0.3) is 17.2 Å². The van der Waals surface area contributed by atoms with Gasteiger partial charge in [-0.05, 0) is 18.6 Å². The van der Waals surface area contributed by atoms with E-state index in [1.54, 1.807) is 6.20 Å². The number of nitrogens with zero attached hydrogens (tertiary/aromatic N) is 4. The standard InChI is InChI=1S/C15H15N5/c1-11(4-6-16)20-10-12(9-19-20)13-5-8-18-15-14(13)3-2-7-17-15/h2-3,5,8-11H,4,7H2,1H3,(H,17,18). The Morgan fingerprint density at radius 3 is 3.30 bits per heavy atom. The third-order valence-corrected chi connectivity index (χ3v) is 3.41. The quantitative estimate of drug-likeness (QED) is 0.926. The van der Waals surface area contributed by atoms with Crippen LogP contribution >= 0.6 is 0 Å². The number of fused-ring (bicyclic) bond motifs is 1. The highest BCUT2D eigenvalue weighted by Crippen LogP contribution is 2.30. The van der Waals surface area contributed by atoms with Crippen molar-refractivity contribution in [1.29, 1.82) is 5.26 Å². The molecule has 1 atom stereocenters. The number of anilines is 1. The molecule has 1 aliphatic heterocycles. The van der Waals surface area contributed by atoms with Crippen LogP contribution in [0.3, 0.4) is 0 Å². The Bertz CT molecular complexity index is 693. The van der Waals surface area contributed by atoms with Gasteiger partial charge in [-0.25, -0.2) is 4.98 Å². The number of pyridine rings is 1. The molecule has 1 unspecified atom stereocenters. The van der Waals surface area contributed by atoms with Crippen molar-refractivity contribution >= 4 is 11.9 Å². The summed E-state index contributed by atoms with van der Waals surface area (Å²) in [7, 11) is 0. The van der Waals surface area contributed by atoms with Crippen LogP contribution in [0, 0.1) is 11.3 Å².